The van der Waals surface area contributed by atoms with Crippen molar-refractivity contribution in [3.63, 3.8) is 0 Å². The first-order chi connectivity index (χ1) is 15.5. The van der Waals surface area contributed by atoms with Crippen LogP contribution in [0.4, 0.5) is 0 Å². The summed E-state index contributed by atoms with van der Waals surface area (Å²) in [5.74, 6) is -0.899. The molecule has 0 bridgehead atoms. The summed E-state index contributed by atoms with van der Waals surface area (Å²) in [6.45, 7) is 6.86. The van der Waals surface area contributed by atoms with Gasteiger partial charge in [0.25, 0.3) is 0 Å². The van der Waals surface area contributed by atoms with Gasteiger partial charge in [-0.3, -0.25) is 4.79 Å². The van der Waals surface area contributed by atoms with Gasteiger partial charge in [0.1, 0.15) is 6.29 Å². The number of ketones is 1. The zero-order valence-electron chi connectivity index (χ0n) is 19.5. The lowest BCUT2D eigenvalue weighted by Gasteiger charge is -2.47. The van der Waals surface area contributed by atoms with Crippen LogP contribution in [0.25, 0.3) is 0 Å². The molecule has 2 aliphatic rings. The van der Waals surface area contributed by atoms with E-state index in [-0.39, 0.29) is 22.6 Å². The highest BCUT2D eigenvalue weighted by Gasteiger charge is 2.47. The number of rotatable bonds is 5. The van der Waals surface area contributed by atoms with Gasteiger partial charge in [0, 0.05) is 18.5 Å². The first-order valence-electron chi connectivity index (χ1n) is 11.4. The molecule has 2 unspecified atom stereocenters. The smallest absolute Gasteiger partial charge is 0.243 e. The van der Waals surface area contributed by atoms with Crippen molar-refractivity contribution < 1.29 is 18.0 Å². The predicted molar refractivity (Wildman–Crippen MR) is 128 cm³/mol. The summed E-state index contributed by atoms with van der Waals surface area (Å²) in [5.41, 5.74) is 2.47. The van der Waals surface area contributed by atoms with Crippen LogP contribution in [0, 0.1) is 11.3 Å². The largest absolute Gasteiger partial charge is 0.303 e. The molecule has 2 aromatic rings. The third-order valence-electron chi connectivity index (χ3n) is 6.99. The van der Waals surface area contributed by atoms with Crippen molar-refractivity contribution in [1.82, 2.24) is 4.31 Å². The Balaban J connectivity index is 1.70. The molecule has 2 aromatic carbocycles. The number of aldehydes is 1. The second-order valence-electron chi connectivity index (χ2n) is 10.3. The molecule has 1 saturated heterocycles. The van der Waals surface area contributed by atoms with Gasteiger partial charge in [0.15, 0.2) is 5.78 Å². The zero-order valence-corrected chi connectivity index (χ0v) is 20.3. The third kappa shape index (κ3) is 4.59. The van der Waals surface area contributed by atoms with E-state index >= 15 is 0 Å². The molecule has 174 valence electrons. The lowest BCUT2D eigenvalue weighted by Crippen LogP contribution is -2.51. The van der Waals surface area contributed by atoms with Crippen LogP contribution in [0.15, 0.2) is 71.1 Å². The molecular weight excluding hydrogens is 434 g/mol. The highest BCUT2D eigenvalue weighted by Crippen LogP contribution is 2.47. The number of sulfonamides is 1. The zero-order chi connectivity index (χ0) is 23.9. The second kappa shape index (κ2) is 8.65. The summed E-state index contributed by atoms with van der Waals surface area (Å²) in [7, 11) is -3.71. The normalized spacial score (nSPS) is 24.2. The van der Waals surface area contributed by atoms with Gasteiger partial charge >= 0.3 is 0 Å². The number of allylic oxidation sites excluding steroid dienone is 1. The Morgan fingerprint density at radius 3 is 2.33 bits per heavy atom. The number of hydrogen-bond donors (Lipinski definition) is 0. The fourth-order valence-electron chi connectivity index (χ4n) is 5.07. The van der Waals surface area contributed by atoms with Crippen molar-refractivity contribution in [1.29, 1.82) is 0 Å². The predicted octanol–water partition coefficient (Wildman–Crippen LogP) is 4.32. The lowest BCUT2D eigenvalue weighted by molar-refractivity contribution is -0.126. The van der Waals surface area contributed by atoms with E-state index in [2.05, 4.69) is 20.8 Å². The van der Waals surface area contributed by atoms with Gasteiger partial charge < -0.3 is 4.79 Å². The number of benzene rings is 2. The van der Waals surface area contributed by atoms with E-state index in [1.54, 1.807) is 18.2 Å². The van der Waals surface area contributed by atoms with Crippen LogP contribution in [0.2, 0.25) is 0 Å². The number of hydrogen-bond acceptors (Lipinski definition) is 4. The van der Waals surface area contributed by atoms with E-state index in [1.807, 2.05) is 42.5 Å². The molecular formula is C27H31NO4S. The molecule has 0 aromatic heterocycles. The van der Waals surface area contributed by atoms with Gasteiger partial charge in [-0.1, -0.05) is 68.8 Å². The molecule has 1 fully saturated rings. The van der Waals surface area contributed by atoms with Crippen LogP contribution in [0.1, 0.15) is 44.7 Å². The van der Waals surface area contributed by atoms with Crippen LogP contribution >= 0.6 is 0 Å². The molecule has 0 radical (unpaired) electrons. The molecule has 0 saturated carbocycles. The number of carbonyl (C=O) groups is 2. The first kappa shape index (κ1) is 23.6. The third-order valence-corrected chi connectivity index (χ3v) is 8.85. The topological polar surface area (TPSA) is 71.5 Å². The fourth-order valence-corrected chi connectivity index (χ4v) is 6.60. The van der Waals surface area contributed by atoms with Crippen LogP contribution in [-0.2, 0) is 31.4 Å². The van der Waals surface area contributed by atoms with Gasteiger partial charge in [-0.25, -0.2) is 8.42 Å². The molecule has 5 nitrogen and oxygen atoms in total. The summed E-state index contributed by atoms with van der Waals surface area (Å²) in [4.78, 5) is 24.4. The van der Waals surface area contributed by atoms with Crippen LogP contribution in [0.3, 0.4) is 0 Å². The van der Waals surface area contributed by atoms with E-state index in [1.165, 1.54) is 4.31 Å². The van der Waals surface area contributed by atoms with Gasteiger partial charge in [-0.05, 0) is 54.0 Å². The van der Waals surface area contributed by atoms with E-state index in [9.17, 15) is 18.0 Å². The van der Waals surface area contributed by atoms with E-state index in [0.717, 1.165) is 16.7 Å². The average molecular weight is 466 g/mol. The second-order valence-corrected chi connectivity index (χ2v) is 12.3. The van der Waals surface area contributed by atoms with Crippen molar-refractivity contribution in [2.75, 3.05) is 13.1 Å². The van der Waals surface area contributed by atoms with E-state index in [0.29, 0.717) is 32.1 Å². The molecule has 0 spiro atoms. The van der Waals surface area contributed by atoms with E-state index in [4.69, 9.17) is 0 Å². The standard InChI is InChI=1S/C27H31NO4S/c1-26(2,3)22-9-11-24(12-10-22)33(31,32)28-14-13-23-15-25(30)21(18-29)17-27(23,19-28)16-20-7-5-4-6-8-20/h4-12,15,18,21H,13-14,16-17,19H2,1-3H3. The number of nitrogens with zero attached hydrogens (tertiary/aromatic N) is 1. The quantitative estimate of drug-likeness (QED) is 0.487. The maximum absolute atomic E-state index is 13.6. The van der Waals surface area contributed by atoms with Crippen LogP contribution < -0.4 is 0 Å². The number of piperidine rings is 1. The van der Waals surface area contributed by atoms with Crippen molar-refractivity contribution in [3.05, 3.63) is 77.4 Å². The van der Waals surface area contributed by atoms with Crippen molar-refractivity contribution >= 4 is 22.1 Å². The molecule has 4 rings (SSSR count). The Bertz CT molecular complexity index is 1180. The van der Waals surface area contributed by atoms with E-state index < -0.39 is 21.4 Å². The molecule has 0 amide bonds. The first-order valence-corrected chi connectivity index (χ1v) is 12.8. The SMILES string of the molecule is CC(C)(C)c1ccc(S(=O)(=O)N2CCC3=CC(=O)C(C=O)CC3(Cc3ccccc3)C2)cc1. The summed E-state index contributed by atoms with van der Waals surface area (Å²) in [6, 6.07) is 17.0. The Morgan fingerprint density at radius 1 is 1.06 bits per heavy atom. The minimum absolute atomic E-state index is 0.0642. The number of fused-ring (bicyclic) bond motifs is 1. The molecule has 0 N–H and O–H groups in total. The minimum atomic E-state index is -3.71. The Morgan fingerprint density at radius 2 is 1.73 bits per heavy atom. The van der Waals surface area contributed by atoms with Crippen LogP contribution in [0.5, 0.6) is 0 Å². The molecule has 1 aliphatic carbocycles. The highest BCUT2D eigenvalue weighted by molar-refractivity contribution is 7.89. The fraction of sp³-hybridized carbons (Fsp3) is 0.407. The monoisotopic (exact) mass is 465 g/mol. The Kier molecular flexibility index (Phi) is 6.18. The Labute approximate surface area is 196 Å². The highest BCUT2D eigenvalue weighted by atomic mass is 32.2. The molecule has 1 aliphatic heterocycles. The average Bonchev–Trinajstić information content (AvgIpc) is 2.78. The van der Waals surface area contributed by atoms with Crippen molar-refractivity contribution in [2.45, 2.75) is 50.3 Å². The number of carbonyl (C=O) groups excluding carboxylic acids is 2. The lowest BCUT2D eigenvalue weighted by atomic mass is 9.63. The summed E-state index contributed by atoms with van der Waals surface area (Å²) in [5, 5.41) is 0. The van der Waals surface area contributed by atoms with Gasteiger partial charge in [0.2, 0.25) is 10.0 Å². The summed E-state index contributed by atoms with van der Waals surface area (Å²) in [6.07, 6.45) is 3.73. The van der Waals surface area contributed by atoms with Gasteiger partial charge in [0.05, 0.1) is 10.8 Å². The van der Waals surface area contributed by atoms with Crippen molar-refractivity contribution in [3.8, 4) is 0 Å². The van der Waals surface area contributed by atoms with Gasteiger partial charge in [-0.15, -0.1) is 0 Å². The molecule has 1 heterocycles. The minimum Gasteiger partial charge on any atom is -0.303 e. The molecule has 33 heavy (non-hydrogen) atoms. The molecule has 6 heteroatoms. The van der Waals surface area contributed by atoms with Gasteiger partial charge in [-0.2, -0.15) is 4.31 Å². The molecule has 2 atom stereocenters. The summed E-state index contributed by atoms with van der Waals surface area (Å²) >= 11 is 0. The van der Waals surface area contributed by atoms with Crippen molar-refractivity contribution in [2.24, 2.45) is 11.3 Å². The summed E-state index contributed by atoms with van der Waals surface area (Å²) < 4.78 is 28.7. The van der Waals surface area contributed by atoms with Crippen LogP contribution in [-0.4, -0.2) is 37.9 Å². The maximum atomic E-state index is 13.6. The Hall–Kier alpha value is -2.57. The maximum Gasteiger partial charge on any atom is 0.243 e.